The quantitative estimate of drug-likeness (QED) is 0.606. The fourth-order valence-electron chi connectivity index (χ4n) is 3.78. The summed E-state index contributed by atoms with van der Waals surface area (Å²) in [5.41, 5.74) is 2.21. The van der Waals surface area contributed by atoms with E-state index in [-0.39, 0.29) is 59.4 Å². The summed E-state index contributed by atoms with van der Waals surface area (Å²) < 4.78 is 29.1. The Kier molecular flexibility index (Phi) is 6.85. The van der Waals surface area contributed by atoms with Crippen molar-refractivity contribution in [2.45, 2.75) is 45.8 Å². The summed E-state index contributed by atoms with van der Waals surface area (Å²) in [5.74, 6) is -1.18. The molecule has 1 aliphatic heterocycles. The fourth-order valence-corrected chi connectivity index (χ4v) is 6.83. The third kappa shape index (κ3) is 4.76. The number of thiophene rings is 1. The zero-order valence-electron chi connectivity index (χ0n) is 18.0. The summed E-state index contributed by atoms with van der Waals surface area (Å²) in [5, 5.41) is 12.2. The number of pyridine rings is 1. The number of carbonyl (C=O) groups is 2. The van der Waals surface area contributed by atoms with Gasteiger partial charge in [-0.15, -0.1) is 11.3 Å². The number of carbonyl (C=O) groups excluding carboxylic acids is 2. The minimum absolute atomic E-state index is 0.0164. The zero-order chi connectivity index (χ0) is 23.6. The van der Waals surface area contributed by atoms with Gasteiger partial charge in [0.2, 0.25) is 5.91 Å². The smallest absolute Gasteiger partial charge is 0.341 e. The van der Waals surface area contributed by atoms with Gasteiger partial charge in [0.15, 0.2) is 9.84 Å². The molecule has 3 heterocycles. The Morgan fingerprint density at radius 3 is 2.69 bits per heavy atom. The highest BCUT2D eigenvalue weighted by Crippen LogP contribution is 2.38. The molecule has 0 saturated carbocycles. The van der Waals surface area contributed by atoms with Crippen LogP contribution in [0.4, 0.5) is 5.00 Å². The van der Waals surface area contributed by atoms with Crippen LogP contribution in [0.5, 0.6) is 0 Å². The number of aryl methyl sites for hydroxylation is 1. The van der Waals surface area contributed by atoms with E-state index in [4.69, 9.17) is 4.74 Å². The molecule has 0 bridgehead atoms. The molecule has 0 spiro atoms. The van der Waals surface area contributed by atoms with Crippen molar-refractivity contribution in [3.05, 3.63) is 48.7 Å². The van der Waals surface area contributed by atoms with E-state index in [1.807, 2.05) is 6.07 Å². The number of rotatable bonds is 6. The van der Waals surface area contributed by atoms with E-state index in [0.717, 1.165) is 11.3 Å². The summed E-state index contributed by atoms with van der Waals surface area (Å²) in [6.07, 6.45) is 0.524. The molecule has 2 N–H and O–H groups in total. The maximum atomic E-state index is 12.7. The number of ether oxygens (including phenoxy) is 1. The van der Waals surface area contributed by atoms with Crippen molar-refractivity contribution in [2.24, 2.45) is 0 Å². The maximum Gasteiger partial charge on any atom is 0.341 e. The van der Waals surface area contributed by atoms with Crippen LogP contribution < -0.4 is 10.9 Å². The molecule has 9 nitrogen and oxygen atoms in total. The van der Waals surface area contributed by atoms with E-state index < -0.39 is 21.4 Å². The van der Waals surface area contributed by atoms with Gasteiger partial charge in [0.1, 0.15) is 16.6 Å². The second-order valence-corrected chi connectivity index (χ2v) is 10.8. The number of aromatic nitrogens is 1. The molecule has 0 aliphatic carbocycles. The number of nitrogens with zero attached hydrogens (tertiary/aromatic N) is 1. The number of anilines is 1. The van der Waals surface area contributed by atoms with Gasteiger partial charge in [0, 0.05) is 17.0 Å². The number of sulfone groups is 1. The van der Waals surface area contributed by atoms with E-state index in [1.165, 1.54) is 0 Å². The van der Waals surface area contributed by atoms with Crippen LogP contribution in [0.25, 0.3) is 0 Å². The number of H-pyrrole nitrogens is 1. The van der Waals surface area contributed by atoms with Gasteiger partial charge in [-0.2, -0.15) is 5.26 Å². The number of nitrogens with one attached hydrogen (secondary N) is 2. The highest BCUT2D eigenvalue weighted by Gasteiger charge is 2.32. The van der Waals surface area contributed by atoms with Crippen LogP contribution in [0, 0.1) is 25.2 Å². The van der Waals surface area contributed by atoms with Gasteiger partial charge in [0.25, 0.3) is 5.56 Å². The Morgan fingerprint density at radius 1 is 1.31 bits per heavy atom. The molecule has 1 amide bonds. The molecule has 0 fully saturated rings. The fraction of sp³-hybridized carbons (Fsp3) is 0.429. The lowest BCUT2D eigenvalue weighted by molar-refractivity contribution is -0.116. The lowest BCUT2D eigenvalue weighted by Gasteiger charge is -2.13. The van der Waals surface area contributed by atoms with Crippen LogP contribution in [0.3, 0.4) is 0 Å². The van der Waals surface area contributed by atoms with Gasteiger partial charge >= 0.3 is 5.97 Å². The van der Waals surface area contributed by atoms with E-state index in [0.29, 0.717) is 27.3 Å². The number of hydrogen-bond donors (Lipinski definition) is 2. The van der Waals surface area contributed by atoms with Gasteiger partial charge in [0.05, 0.1) is 23.7 Å². The average Bonchev–Trinajstić information content (AvgIpc) is 3.03. The van der Waals surface area contributed by atoms with Crippen molar-refractivity contribution in [3.63, 3.8) is 0 Å². The predicted molar refractivity (Wildman–Crippen MR) is 120 cm³/mol. The summed E-state index contributed by atoms with van der Waals surface area (Å²) >= 11 is 1.08. The molecule has 0 saturated heterocycles. The van der Waals surface area contributed by atoms with Gasteiger partial charge in [-0.05, 0) is 50.3 Å². The van der Waals surface area contributed by atoms with Crippen molar-refractivity contribution < 1.29 is 22.7 Å². The first-order valence-electron chi connectivity index (χ1n) is 10.0. The molecule has 3 rings (SSSR count). The molecule has 0 radical (unpaired) electrons. The van der Waals surface area contributed by atoms with Crippen LogP contribution in [-0.2, 0) is 38.0 Å². The van der Waals surface area contributed by atoms with Crippen molar-refractivity contribution in [2.75, 3.05) is 17.7 Å². The van der Waals surface area contributed by atoms with E-state index in [1.54, 1.807) is 20.8 Å². The first-order chi connectivity index (χ1) is 15.1. The van der Waals surface area contributed by atoms with Gasteiger partial charge in [-0.1, -0.05) is 0 Å². The Bertz CT molecular complexity index is 1300. The molecule has 0 unspecified atom stereocenters. The summed E-state index contributed by atoms with van der Waals surface area (Å²) in [6, 6.07) is 1.88. The number of hydrogen-bond acceptors (Lipinski definition) is 8. The molecular formula is C21H23N3O6S2. The standard InChI is InChI=1S/C21H23N3O6S2/c1-4-30-21(27)18-14-7-8-32(28,29)10-16(14)31-20(18)24-17(25)6-5-13-11(2)15(9-22)19(26)23-12(13)3/h4-8,10H2,1-3H3,(H,23,26)(H,24,25). The third-order valence-electron chi connectivity index (χ3n) is 5.36. The van der Waals surface area contributed by atoms with Gasteiger partial charge in [-0.3, -0.25) is 9.59 Å². The molecule has 2 aromatic heterocycles. The average molecular weight is 478 g/mol. The number of fused-ring (bicyclic) bond motifs is 1. The molecule has 0 atom stereocenters. The van der Waals surface area contributed by atoms with Crippen molar-refractivity contribution >= 4 is 38.1 Å². The number of amides is 1. The number of esters is 1. The zero-order valence-corrected chi connectivity index (χ0v) is 19.6. The molecule has 32 heavy (non-hydrogen) atoms. The van der Waals surface area contributed by atoms with Crippen LogP contribution in [0.2, 0.25) is 0 Å². The molecular weight excluding hydrogens is 454 g/mol. The molecule has 170 valence electrons. The van der Waals surface area contributed by atoms with E-state index in [2.05, 4.69) is 10.3 Å². The topological polar surface area (TPSA) is 146 Å². The lowest BCUT2D eigenvalue weighted by atomic mass is 9.99. The van der Waals surface area contributed by atoms with Crippen molar-refractivity contribution in [1.29, 1.82) is 5.26 Å². The molecule has 2 aromatic rings. The Morgan fingerprint density at radius 2 is 2.03 bits per heavy atom. The Labute approximate surface area is 189 Å². The highest BCUT2D eigenvalue weighted by molar-refractivity contribution is 7.90. The Balaban J connectivity index is 1.84. The van der Waals surface area contributed by atoms with Crippen molar-refractivity contribution in [1.82, 2.24) is 4.98 Å². The van der Waals surface area contributed by atoms with E-state index in [9.17, 15) is 28.1 Å². The van der Waals surface area contributed by atoms with Crippen molar-refractivity contribution in [3.8, 4) is 6.07 Å². The van der Waals surface area contributed by atoms with Crippen LogP contribution >= 0.6 is 11.3 Å². The minimum atomic E-state index is -3.24. The minimum Gasteiger partial charge on any atom is -0.462 e. The van der Waals surface area contributed by atoms with Crippen LogP contribution in [0.15, 0.2) is 4.79 Å². The summed E-state index contributed by atoms with van der Waals surface area (Å²) in [4.78, 5) is 40.3. The molecule has 11 heteroatoms. The normalized spacial score (nSPS) is 14.3. The van der Waals surface area contributed by atoms with Gasteiger partial charge < -0.3 is 15.0 Å². The van der Waals surface area contributed by atoms with E-state index >= 15 is 0 Å². The lowest BCUT2D eigenvalue weighted by Crippen LogP contribution is -2.20. The van der Waals surface area contributed by atoms with Crippen LogP contribution in [-0.4, -0.2) is 37.6 Å². The maximum absolute atomic E-state index is 12.7. The largest absolute Gasteiger partial charge is 0.462 e. The summed E-state index contributed by atoms with van der Waals surface area (Å²) in [7, 11) is -3.24. The molecule has 1 aliphatic rings. The predicted octanol–water partition coefficient (Wildman–Crippen LogP) is 2.14. The highest BCUT2D eigenvalue weighted by atomic mass is 32.2. The SMILES string of the molecule is CCOC(=O)c1c(NC(=O)CCc2c(C)[nH]c(=O)c(C#N)c2C)sc2c1CCS(=O)(=O)C2. The number of aromatic amines is 1. The monoisotopic (exact) mass is 477 g/mol. The second kappa shape index (κ2) is 9.26. The van der Waals surface area contributed by atoms with Crippen LogP contribution in [0.1, 0.15) is 56.5 Å². The third-order valence-corrected chi connectivity index (χ3v) is 8.24. The second-order valence-electron chi connectivity index (χ2n) is 7.49. The van der Waals surface area contributed by atoms with Gasteiger partial charge in [-0.25, -0.2) is 13.2 Å². The Hall–Kier alpha value is -2.97. The first kappa shape index (κ1) is 23.7. The first-order valence-corrected chi connectivity index (χ1v) is 12.7. The number of nitriles is 1. The molecule has 0 aromatic carbocycles. The summed E-state index contributed by atoms with van der Waals surface area (Å²) in [6.45, 7) is 5.20.